The van der Waals surface area contributed by atoms with Gasteiger partial charge in [0.15, 0.2) is 0 Å². The first-order chi connectivity index (χ1) is 17.6. The zero-order chi connectivity index (χ0) is 24.4. The molecule has 4 heteroatoms. The van der Waals surface area contributed by atoms with Crippen LogP contribution in [0.15, 0.2) is 84.9 Å². The summed E-state index contributed by atoms with van der Waals surface area (Å²) in [6, 6.07) is 30.2. The number of methoxy groups -OCH3 is 1. The van der Waals surface area contributed by atoms with Gasteiger partial charge in [0, 0.05) is 39.4 Å². The molecule has 1 unspecified atom stereocenters. The van der Waals surface area contributed by atoms with Crippen LogP contribution in [0, 0.1) is 6.92 Å². The van der Waals surface area contributed by atoms with Gasteiger partial charge >= 0.3 is 0 Å². The van der Waals surface area contributed by atoms with Crippen molar-refractivity contribution in [2.45, 2.75) is 19.4 Å². The number of H-pyrrole nitrogens is 1. The van der Waals surface area contributed by atoms with Gasteiger partial charge in [0.25, 0.3) is 0 Å². The van der Waals surface area contributed by atoms with E-state index in [1.54, 1.807) is 7.11 Å². The van der Waals surface area contributed by atoms with Gasteiger partial charge in [0.2, 0.25) is 0 Å². The lowest BCUT2D eigenvalue weighted by atomic mass is 9.88. The lowest BCUT2D eigenvalue weighted by Crippen LogP contribution is -2.31. The van der Waals surface area contributed by atoms with E-state index in [-0.39, 0.29) is 6.04 Å². The van der Waals surface area contributed by atoms with Crippen molar-refractivity contribution < 1.29 is 4.74 Å². The summed E-state index contributed by atoms with van der Waals surface area (Å²) in [6.07, 6.45) is 3.11. The Balaban J connectivity index is 1.58. The van der Waals surface area contributed by atoms with Gasteiger partial charge in [0.05, 0.1) is 7.11 Å². The number of nitrogens with zero attached hydrogens (tertiary/aromatic N) is 1. The van der Waals surface area contributed by atoms with Crippen LogP contribution in [0.5, 0.6) is 5.75 Å². The van der Waals surface area contributed by atoms with E-state index in [0.717, 1.165) is 22.7 Å². The van der Waals surface area contributed by atoms with E-state index in [9.17, 15) is 0 Å². The van der Waals surface area contributed by atoms with Crippen molar-refractivity contribution in [3.05, 3.63) is 129 Å². The third-order valence-electron chi connectivity index (χ3n) is 7.54. The zero-order valence-corrected chi connectivity index (χ0v) is 20.9. The van der Waals surface area contributed by atoms with Gasteiger partial charge in [-0.3, -0.25) is 0 Å². The topological polar surface area (TPSA) is 28.3 Å². The average molecular weight is 489 g/mol. The van der Waals surface area contributed by atoms with Crippen molar-refractivity contribution in [1.29, 1.82) is 0 Å². The number of halogens is 1. The first-order valence-corrected chi connectivity index (χ1v) is 12.6. The standard InChI is InChI=1S/C32H25ClN2O/c1-19-7-9-20(10-8-19)30-17-21-5-3-4-6-25(21)32-31-27(26-18-24(36-2)12-13-28(26)34-31)16-22-15-23(33)11-14-29(22)35(30)32/h3-15,17-18,32,34H,16H2,1-2H3. The summed E-state index contributed by atoms with van der Waals surface area (Å²) >= 11 is 6.56. The molecule has 7 rings (SSSR count). The Morgan fingerprint density at radius 2 is 1.78 bits per heavy atom. The normalized spacial score (nSPS) is 15.9. The Bertz CT molecular complexity index is 1680. The third kappa shape index (κ3) is 3.20. The Kier molecular flexibility index (Phi) is 4.77. The Morgan fingerprint density at radius 3 is 2.61 bits per heavy atom. The first-order valence-electron chi connectivity index (χ1n) is 12.2. The molecule has 0 aliphatic carbocycles. The van der Waals surface area contributed by atoms with E-state index in [1.165, 1.54) is 55.8 Å². The number of benzene rings is 4. The fourth-order valence-corrected chi connectivity index (χ4v) is 6.00. The summed E-state index contributed by atoms with van der Waals surface area (Å²) in [6.45, 7) is 2.13. The minimum atomic E-state index is -0.00155. The van der Waals surface area contributed by atoms with E-state index in [4.69, 9.17) is 16.3 Å². The van der Waals surface area contributed by atoms with E-state index in [1.807, 2.05) is 12.1 Å². The molecule has 0 bridgehead atoms. The van der Waals surface area contributed by atoms with E-state index in [0.29, 0.717) is 0 Å². The van der Waals surface area contributed by atoms with Crippen molar-refractivity contribution in [1.82, 2.24) is 4.98 Å². The second kappa shape index (κ2) is 8.04. The largest absolute Gasteiger partial charge is 0.497 e. The van der Waals surface area contributed by atoms with Gasteiger partial charge in [-0.25, -0.2) is 0 Å². The minimum absolute atomic E-state index is 0.00155. The quantitative estimate of drug-likeness (QED) is 0.271. The van der Waals surface area contributed by atoms with Crippen molar-refractivity contribution in [2.75, 3.05) is 12.0 Å². The number of aromatic nitrogens is 1. The highest BCUT2D eigenvalue weighted by molar-refractivity contribution is 6.30. The Morgan fingerprint density at radius 1 is 0.944 bits per heavy atom. The van der Waals surface area contributed by atoms with Crippen LogP contribution in [0.4, 0.5) is 5.69 Å². The van der Waals surface area contributed by atoms with Crippen molar-refractivity contribution in [3.63, 3.8) is 0 Å². The predicted molar refractivity (Wildman–Crippen MR) is 149 cm³/mol. The van der Waals surface area contributed by atoms with E-state index < -0.39 is 0 Å². The average Bonchev–Trinajstić information content (AvgIpc) is 3.18. The Hall–Kier alpha value is -3.95. The van der Waals surface area contributed by atoms with Crippen molar-refractivity contribution in [3.8, 4) is 5.75 Å². The summed E-state index contributed by atoms with van der Waals surface area (Å²) in [5, 5.41) is 1.95. The molecule has 0 radical (unpaired) electrons. The van der Waals surface area contributed by atoms with Crippen LogP contribution < -0.4 is 9.64 Å². The number of aryl methyl sites for hydroxylation is 1. The summed E-state index contributed by atoms with van der Waals surface area (Å²) in [5.74, 6) is 0.862. The lowest BCUT2D eigenvalue weighted by molar-refractivity contribution is 0.415. The first kappa shape index (κ1) is 21.3. The molecule has 176 valence electrons. The molecule has 1 N–H and O–H groups in total. The van der Waals surface area contributed by atoms with Gasteiger partial charge in [-0.1, -0.05) is 65.7 Å². The third-order valence-corrected chi connectivity index (χ3v) is 7.77. The Labute approximate surface area is 215 Å². The SMILES string of the molecule is COc1ccc2[nH]c3c(c2c1)Cc1cc(Cl)ccc1N1C(c2ccc(C)cc2)=Cc2ccccc2C31. The lowest BCUT2D eigenvalue weighted by Gasteiger charge is -2.39. The van der Waals surface area contributed by atoms with Gasteiger partial charge in [-0.05, 0) is 77.2 Å². The fourth-order valence-electron chi connectivity index (χ4n) is 5.81. The molecule has 1 aromatic heterocycles. The number of hydrogen-bond donors (Lipinski definition) is 1. The molecule has 1 atom stereocenters. The van der Waals surface area contributed by atoms with Crippen LogP contribution in [0.2, 0.25) is 5.02 Å². The van der Waals surface area contributed by atoms with Gasteiger partial charge < -0.3 is 14.6 Å². The molecule has 2 aliphatic heterocycles. The summed E-state index contributed by atoms with van der Waals surface area (Å²) in [5.41, 5.74) is 12.2. The van der Waals surface area contributed by atoms with Gasteiger partial charge in [-0.15, -0.1) is 0 Å². The van der Waals surface area contributed by atoms with Crippen molar-refractivity contribution >= 4 is 40.0 Å². The molecule has 2 aliphatic rings. The van der Waals surface area contributed by atoms with Crippen LogP contribution >= 0.6 is 11.6 Å². The second-order valence-corrected chi connectivity index (χ2v) is 10.1. The van der Waals surface area contributed by atoms with Crippen LogP contribution in [0.25, 0.3) is 22.7 Å². The predicted octanol–water partition coefficient (Wildman–Crippen LogP) is 8.15. The smallest absolute Gasteiger partial charge is 0.119 e. The molecule has 3 heterocycles. The highest BCUT2D eigenvalue weighted by atomic mass is 35.5. The molecule has 0 amide bonds. The van der Waals surface area contributed by atoms with E-state index >= 15 is 0 Å². The second-order valence-electron chi connectivity index (χ2n) is 9.68. The molecule has 36 heavy (non-hydrogen) atoms. The summed E-state index contributed by atoms with van der Waals surface area (Å²) in [7, 11) is 1.72. The van der Waals surface area contributed by atoms with Crippen LogP contribution in [-0.2, 0) is 6.42 Å². The minimum Gasteiger partial charge on any atom is -0.497 e. The highest BCUT2D eigenvalue weighted by Crippen LogP contribution is 2.50. The molecule has 0 spiro atoms. The number of ether oxygens (including phenoxy) is 1. The molecule has 0 fully saturated rings. The van der Waals surface area contributed by atoms with Crippen LogP contribution in [0.3, 0.4) is 0 Å². The van der Waals surface area contributed by atoms with Crippen LogP contribution in [-0.4, -0.2) is 12.1 Å². The maximum atomic E-state index is 6.56. The number of hydrogen-bond acceptors (Lipinski definition) is 2. The molecular weight excluding hydrogens is 464 g/mol. The molecule has 4 aromatic carbocycles. The van der Waals surface area contributed by atoms with Crippen molar-refractivity contribution in [2.24, 2.45) is 0 Å². The zero-order valence-electron chi connectivity index (χ0n) is 20.2. The number of aromatic amines is 1. The summed E-state index contributed by atoms with van der Waals surface area (Å²) in [4.78, 5) is 6.32. The molecule has 0 saturated carbocycles. The number of anilines is 1. The van der Waals surface area contributed by atoms with Gasteiger partial charge in [0.1, 0.15) is 11.8 Å². The number of fused-ring (bicyclic) bond motifs is 9. The highest BCUT2D eigenvalue weighted by Gasteiger charge is 2.38. The number of rotatable bonds is 2. The molecular formula is C32H25ClN2O. The van der Waals surface area contributed by atoms with Gasteiger partial charge in [-0.2, -0.15) is 0 Å². The monoisotopic (exact) mass is 488 g/mol. The van der Waals surface area contributed by atoms with Crippen LogP contribution in [0.1, 0.15) is 45.1 Å². The molecule has 3 nitrogen and oxygen atoms in total. The maximum absolute atomic E-state index is 6.56. The van der Waals surface area contributed by atoms with E-state index in [2.05, 4.69) is 95.7 Å². The summed E-state index contributed by atoms with van der Waals surface area (Å²) < 4.78 is 5.60. The molecule has 5 aromatic rings. The maximum Gasteiger partial charge on any atom is 0.119 e. The molecule has 0 saturated heterocycles. The number of nitrogens with one attached hydrogen (secondary N) is 1. The fraction of sp³-hybridized carbons (Fsp3) is 0.125.